The van der Waals surface area contributed by atoms with Gasteiger partial charge in [0, 0.05) is 30.1 Å². The predicted octanol–water partition coefficient (Wildman–Crippen LogP) is 4.41. The number of alkyl carbamates (subject to hydrolysis) is 1. The lowest BCUT2D eigenvalue weighted by atomic mass is 9.94. The molecule has 0 fully saturated rings. The largest absolute Gasteiger partial charge is 0.445 e. The number of amides is 1. The van der Waals surface area contributed by atoms with Gasteiger partial charge >= 0.3 is 6.09 Å². The van der Waals surface area contributed by atoms with Crippen molar-refractivity contribution in [1.82, 2.24) is 10.3 Å². The Morgan fingerprint density at radius 1 is 1.00 bits per heavy atom. The van der Waals surface area contributed by atoms with Crippen molar-refractivity contribution in [1.29, 1.82) is 0 Å². The second kappa shape index (κ2) is 10.4. The van der Waals surface area contributed by atoms with Crippen LogP contribution in [0.5, 0.6) is 0 Å². The summed E-state index contributed by atoms with van der Waals surface area (Å²) < 4.78 is 5.25. The second-order valence-electron chi connectivity index (χ2n) is 6.77. The van der Waals surface area contributed by atoms with Gasteiger partial charge in [0.25, 0.3) is 0 Å². The first-order chi connectivity index (χ1) is 13.8. The van der Waals surface area contributed by atoms with Crippen molar-refractivity contribution in [3.8, 4) is 0 Å². The topological polar surface area (TPSA) is 71.5 Å². The molecule has 5 heteroatoms. The number of carbonyl (C=O) groups is 1. The van der Waals surface area contributed by atoms with Gasteiger partial charge in [0.2, 0.25) is 0 Å². The van der Waals surface area contributed by atoms with Crippen molar-refractivity contribution in [3.05, 3.63) is 78.0 Å². The molecule has 3 rings (SSSR count). The Balaban J connectivity index is 1.54. The maximum absolute atomic E-state index is 11.9. The van der Waals surface area contributed by atoms with Crippen LogP contribution >= 0.6 is 0 Å². The zero-order valence-electron chi connectivity index (χ0n) is 15.9. The first kappa shape index (κ1) is 19.8. The number of fused-ring (bicyclic) bond motifs is 1. The lowest BCUT2D eigenvalue weighted by molar-refractivity contribution is 0.139. The van der Waals surface area contributed by atoms with Crippen LogP contribution in [-0.2, 0) is 11.3 Å². The van der Waals surface area contributed by atoms with Crippen LogP contribution in [0.15, 0.2) is 66.7 Å². The van der Waals surface area contributed by atoms with Gasteiger partial charge in [-0.05, 0) is 37.0 Å². The smallest absolute Gasteiger partial charge is 0.407 e. The molecule has 146 valence electrons. The van der Waals surface area contributed by atoms with E-state index in [0.717, 1.165) is 35.0 Å². The first-order valence-corrected chi connectivity index (χ1v) is 9.67. The molecule has 1 aromatic heterocycles. The Bertz CT molecular complexity index is 883. The normalized spacial score (nSPS) is 11.9. The highest BCUT2D eigenvalue weighted by Crippen LogP contribution is 2.25. The molecule has 0 aliphatic rings. The van der Waals surface area contributed by atoms with E-state index in [1.165, 1.54) is 0 Å². The number of aliphatic hydroxyl groups is 1. The van der Waals surface area contributed by atoms with E-state index in [-0.39, 0.29) is 19.1 Å². The number of aliphatic hydroxyl groups excluding tert-OH is 1. The van der Waals surface area contributed by atoms with E-state index in [2.05, 4.69) is 11.4 Å². The molecule has 0 saturated heterocycles. The van der Waals surface area contributed by atoms with Crippen molar-refractivity contribution in [2.24, 2.45) is 0 Å². The van der Waals surface area contributed by atoms with Gasteiger partial charge < -0.3 is 15.2 Å². The molecule has 1 heterocycles. The molecule has 2 N–H and O–H groups in total. The highest BCUT2D eigenvalue weighted by molar-refractivity contribution is 5.78. The number of carbonyl (C=O) groups excluding carboxylic acids is 1. The van der Waals surface area contributed by atoms with Gasteiger partial charge in [-0.3, -0.25) is 4.98 Å². The third-order valence-electron chi connectivity index (χ3n) is 4.72. The number of hydrogen-bond acceptors (Lipinski definition) is 4. The van der Waals surface area contributed by atoms with Gasteiger partial charge in [-0.1, -0.05) is 54.6 Å². The quantitative estimate of drug-likeness (QED) is 0.579. The minimum atomic E-state index is -0.420. The Morgan fingerprint density at radius 3 is 2.61 bits per heavy atom. The van der Waals surface area contributed by atoms with E-state index in [0.29, 0.717) is 13.0 Å². The van der Waals surface area contributed by atoms with Crippen molar-refractivity contribution in [2.45, 2.75) is 31.8 Å². The number of nitrogens with zero attached hydrogens (tertiary/aromatic N) is 1. The van der Waals surface area contributed by atoms with E-state index in [1.807, 2.05) is 60.7 Å². The Morgan fingerprint density at radius 2 is 1.79 bits per heavy atom. The number of nitrogens with one attached hydrogen (secondary N) is 1. The maximum atomic E-state index is 11.9. The molecule has 0 spiro atoms. The molecule has 1 unspecified atom stereocenters. The van der Waals surface area contributed by atoms with Crippen molar-refractivity contribution >= 4 is 17.0 Å². The number of benzene rings is 2. The molecule has 0 aliphatic heterocycles. The summed E-state index contributed by atoms with van der Waals surface area (Å²) >= 11 is 0. The Hall–Kier alpha value is -2.92. The van der Waals surface area contributed by atoms with Gasteiger partial charge in [0.05, 0.1) is 5.52 Å². The van der Waals surface area contributed by atoms with Gasteiger partial charge in [0.15, 0.2) is 0 Å². The monoisotopic (exact) mass is 378 g/mol. The molecule has 1 atom stereocenters. The third-order valence-corrected chi connectivity index (χ3v) is 4.72. The van der Waals surface area contributed by atoms with Crippen LogP contribution in [0.1, 0.15) is 36.4 Å². The molecule has 0 aliphatic carbocycles. The van der Waals surface area contributed by atoms with Crippen LogP contribution in [0.2, 0.25) is 0 Å². The summed E-state index contributed by atoms with van der Waals surface area (Å²) in [5, 5.41) is 13.1. The summed E-state index contributed by atoms with van der Waals surface area (Å²) in [6, 6.07) is 21.7. The summed E-state index contributed by atoms with van der Waals surface area (Å²) in [7, 11) is 0. The molecular formula is C23H26N2O3. The average Bonchev–Trinajstić information content (AvgIpc) is 2.75. The molecule has 0 radical (unpaired) electrons. The fourth-order valence-electron chi connectivity index (χ4n) is 3.21. The fourth-order valence-corrected chi connectivity index (χ4v) is 3.21. The Kier molecular flexibility index (Phi) is 7.38. The molecule has 3 aromatic rings. The highest BCUT2D eigenvalue weighted by Gasteiger charge is 2.14. The minimum absolute atomic E-state index is 0.149. The van der Waals surface area contributed by atoms with Crippen LogP contribution in [0.25, 0.3) is 10.9 Å². The van der Waals surface area contributed by atoms with Crippen LogP contribution < -0.4 is 5.32 Å². The predicted molar refractivity (Wildman–Crippen MR) is 110 cm³/mol. The summed E-state index contributed by atoms with van der Waals surface area (Å²) in [4.78, 5) is 16.7. The lowest BCUT2D eigenvalue weighted by Gasteiger charge is -2.17. The van der Waals surface area contributed by atoms with E-state index in [1.54, 1.807) is 0 Å². The van der Waals surface area contributed by atoms with E-state index >= 15 is 0 Å². The number of hydrogen-bond donors (Lipinski definition) is 2. The van der Waals surface area contributed by atoms with Gasteiger partial charge in [-0.25, -0.2) is 4.79 Å². The van der Waals surface area contributed by atoms with E-state index in [4.69, 9.17) is 9.72 Å². The van der Waals surface area contributed by atoms with Crippen molar-refractivity contribution < 1.29 is 14.6 Å². The molecule has 5 nitrogen and oxygen atoms in total. The lowest BCUT2D eigenvalue weighted by Crippen LogP contribution is -2.26. The number of aromatic nitrogens is 1. The van der Waals surface area contributed by atoms with Gasteiger partial charge in [-0.15, -0.1) is 0 Å². The van der Waals surface area contributed by atoms with E-state index in [9.17, 15) is 9.90 Å². The highest BCUT2D eigenvalue weighted by atomic mass is 16.5. The Labute approximate surface area is 165 Å². The van der Waals surface area contributed by atoms with Crippen LogP contribution in [0, 0.1) is 0 Å². The van der Waals surface area contributed by atoms with Crippen LogP contribution in [0.4, 0.5) is 4.79 Å². The van der Waals surface area contributed by atoms with Crippen LogP contribution in [0.3, 0.4) is 0 Å². The minimum Gasteiger partial charge on any atom is -0.445 e. The number of ether oxygens (including phenoxy) is 1. The molecular weight excluding hydrogens is 352 g/mol. The van der Waals surface area contributed by atoms with Crippen LogP contribution in [-0.4, -0.2) is 29.3 Å². The number of para-hydroxylation sites is 1. The van der Waals surface area contributed by atoms with E-state index < -0.39 is 6.09 Å². The maximum Gasteiger partial charge on any atom is 0.407 e. The summed E-state index contributed by atoms with van der Waals surface area (Å²) in [6.45, 7) is 0.904. The molecule has 28 heavy (non-hydrogen) atoms. The summed E-state index contributed by atoms with van der Waals surface area (Å²) in [5.74, 6) is 0.172. The molecule has 0 bridgehead atoms. The second-order valence-corrected chi connectivity index (χ2v) is 6.77. The first-order valence-electron chi connectivity index (χ1n) is 9.67. The average molecular weight is 378 g/mol. The number of pyridine rings is 1. The third kappa shape index (κ3) is 5.79. The van der Waals surface area contributed by atoms with Crippen molar-refractivity contribution in [2.75, 3.05) is 13.2 Å². The zero-order chi connectivity index (χ0) is 19.6. The standard InChI is InChI=1S/C23H26N2O3/c26-16-6-10-20(22-13-12-19-9-4-5-11-21(19)25-22)14-15-24-23(27)28-17-18-7-2-1-3-8-18/h1-5,7-9,11-13,20,26H,6,10,14-17H2,(H,24,27). The molecule has 2 aromatic carbocycles. The molecule has 0 saturated carbocycles. The SMILES string of the molecule is O=C(NCCC(CCCO)c1ccc2ccccc2n1)OCc1ccccc1. The number of rotatable bonds is 9. The van der Waals surface area contributed by atoms with Gasteiger partial charge in [0.1, 0.15) is 6.61 Å². The summed E-state index contributed by atoms with van der Waals surface area (Å²) in [5.41, 5.74) is 2.91. The zero-order valence-corrected chi connectivity index (χ0v) is 15.9. The van der Waals surface area contributed by atoms with Crippen molar-refractivity contribution in [3.63, 3.8) is 0 Å². The van der Waals surface area contributed by atoms with Gasteiger partial charge in [-0.2, -0.15) is 0 Å². The molecule has 1 amide bonds. The fraction of sp³-hybridized carbons (Fsp3) is 0.304. The summed E-state index contributed by atoms with van der Waals surface area (Å²) in [6.07, 6.45) is 1.85.